The van der Waals surface area contributed by atoms with E-state index in [0.717, 1.165) is 7.11 Å². The van der Waals surface area contributed by atoms with Crippen LogP contribution in [0.4, 0.5) is 26.7 Å². The van der Waals surface area contributed by atoms with E-state index in [2.05, 4.69) is 14.2 Å². The highest BCUT2D eigenvalue weighted by atomic mass is 32.2. The van der Waals surface area contributed by atoms with E-state index in [1.165, 1.54) is 0 Å². The zero-order valence-corrected chi connectivity index (χ0v) is 17.7. The highest BCUT2D eigenvalue weighted by Crippen LogP contribution is 2.30. The summed E-state index contributed by atoms with van der Waals surface area (Å²) in [4.78, 5) is 23.6. The molecule has 1 aromatic carbocycles. The molecule has 0 aromatic heterocycles. The van der Waals surface area contributed by atoms with E-state index in [1.54, 1.807) is 20.8 Å². The van der Waals surface area contributed by atoms with Gasteiger partial charge in [0.25, 0.3) is 0 Å². The normalized spacial score (nSPS) is 12.8. The van der Waals surface area contributed by atoms with Crippen LogP contribution in [0.5, 0.6) is 5.75 Å². The Morgan fingerprint density at radius 1 is 0.968 bits per heavy atom. The fourth-order valence-electron chi connectivity index (χ4n) is 2.13. The summed E-state index contributed by atoms with van der Waals surface area (Å²) in [6.45, 7) is 4.68. The molecule has 14 heteroatoms. The second-order valence-corrected chi connectivity index (χ2v) is 8.80. The van der Waals surface area contributed by atoms with Crippen molar-refractivity contribution in [2.24, 2.45) is 0 Å². The lowest BCUT2D eigenvalue weighted by Gasteiger charge is -2.22. The van der Waals surface area contributed by atoms with Crippen molar-refractivity contribution in [2.45, 2.75) is 45.3 Å². The number of amides is 1. The molecular formula is C17H20F5NO7S. The van der Waals surface area contributed by atoms with Gasteiger partial charge >= 0.3 is 22.2 Å². The van der Waals surface area contributed by atoms with Crippen molar-refractivity contribution in [1.29, 1.82) is 0 Å². The molecule has 1 rings (SSSR count). The second-order valence-electron chi connectivity index (χ2n) is 7.11. The summed E-state index contributed by atoms with van der Waals surface area (Å²) in [5, 5.41) is 2.17. The Labute approximate surface area is 174 Å². The lowest BCUT2D eigenvalue weighted by Crippen LogP contribution is -2.44. The van der Waals surface area contributed by atoms with Gasteiger partial charge in [-0.25, -0.2) is 22.8 Å². The third-order valence-electron chi connectivity index (χ3n) is 3.44. The first kappa shape index (κ1) is 26.4. The lowest BCUT2D eigenvalue weighted by atomic mass is 10.1. The number of carbonyl (C=O) groups excluding carboxylic acids is 2. The topological polar surface area (TPSA) is 108 Å². The molecule has 1 N–H and O–H groups in total. The maximum atomic E-state index is 13.6. The standard InChI is InChI=1S/C17H20F5NO7S/c1-17(2,3)29-16(25)23-8(15(24)28-4)6-5-7-31(26,27)30-14-12(21)10(19)9(18)11(20)13(14)22/h8H,5-7H2,1-4H3,(H,23,25)/t8-/m0/s1. The Balaban J connectivity index is 2.86. The molecule has 1 amide bonds. The molecule has 0 aliphatic heterocycles. The second kappa shape index (κ2) is 10.1. The third-order valence-corrected chi connectivity index (χ3v) is 4.65. The van der Waals surface area contributed by atoms with E-state index in [4.69, 9.17) is 4.74 Å². The molecule has 0 radical (unpaired) electrons. The van der Waals surface area contributed by atoms with E-state index in [-0.39, 0.29) is 6.42 Å². The van der Waals surface area contributed by atoms with Gasteiger partial charge in [-0.2, -0.15) is 17.2 Å². The smallest absolute Gasteiger partial charge is 0.408 e. The summed E-state index contributed by atoms with van der Waals surface area (Å²) >= 11 is 0. The number of halogens is 5. The molecular weight excluding hydrogens is 457 g/mol. The number of rotatable bonds is 8. The zero-order chi connectivity index (χ0) is 24.1. The van der Waals surface area contributed by atoms with Gasteiger partial charge in [0, 0.05) is 0 Å². The van der Waals surface area contributed by atoms with Crippen LogP contribution < -0.4 is 9.50 Å². The fraction of sp³-hybridized carbons (Fsp3) is 0.529. The number of alkyl carbamates (subject to hydrolysis) is 1. The molecule has 0 saturated heterocycles. The first-order valence-corrected chi connectivity index (χ1v) is 10.2. The van der Waals surface area contributed by atoms with E-state index in [0.29, 0.717) is 0 Å². The minimum absolute atomic E-state index is 0.342. The van der Waals surface area contributed by atoms with Crippen LogP contribution in [-0.4, -0.2) is 45.0 Å². The predicted octanol–water partition coefficient (Wildman–Crippen LogP) is 2.94. The lowest BCUT2D eigenvalue weighted by molar-refractivity contribution is -0.143. The predicted molar refractivity (Wildman–Crippen MR) is 95.1 cm³/mol. The largest absolute Gasteiger partial charge is 0.467 e. The Bertz CT molecular complexity index is 918. The van der Waals surface area contributed by atoms with Crippen LogP contribution in [-0.2, 0) is 24.4 Å². The number of hydrogen-bond acceptors (Lipinski definition) is 7. The van der Waals surface area contributed by atoms with Crippen molar-refractivity contribution >= 4 is 22.2 Å². The Kier molecular flexibility index (Phi) is 8.61. The number of ether oxygens (including phenoxy) is 2. The third kappa shape index (κ3) is 7.52. The minimum Gasteiger partial charge on any atom is -0.467 e. The summed E-state index contributed by atoms with van der Waals surface area (Å²) in [5.41, 5.74) is -0.893. The summed E-state index contributed by atoms with van der Waals surface area (Å²) in [6.07, 6.45) is -1.76. The Morgan fingerprint density at radius 2 is 1.45 bits per heavy atom. The highest BCUT2D eigenvalue weighted by Gasteiger charge is 2.31. The molecule has 1 aromatic rings. The van der Waals surface area contributed by atoms with Gasteiger partial charge in [0.1, 0.15) is 11.6 Å². The van der Waals surface area contributed by atoms with Crippen LogP contribution in [0.25, 0.3) is 0 Å². The quantitative estimate of drug-likeness (QED) is 0.202. The van der Waals surface area contributed by atoms with Crippen molar-refractivity contribution in [3.63, 3.8) is 0 Å². The molecule has 0 bridgehead atoms. The van der Waals surface area contributed by atoms with Crippen LogP contribution in [0.3, 0.4) is 0 Å². The molecule has 0 unspecified atom stereocenters. The molecule has 8 nitrogen and oxygen atoms in total. The first-order chi connectivity index (χ1) is 14.1. The van der Waals surface area contributed by atoms with Crippen LogP contribution >= 0.6 is 0 Å². The van der Waals surface area contributed by atoms with Gasteiger partial charge in [0.2, 0.25) is 34.8 Å². The van der Waals surface area contributed by atoms with Crippen LogP contribution in [0, 0.1) is 29.1 Å². The van der Waals surface area contributed by atoms with Gasteiger partial charge in [-0.1, -0.05) is 0 Å². The molecule has 0 aliphatic carbocycles. The van der Waals surface area contributed by atoms with Crippen molar-refractivity contribution in [3.05, 3.63) is 29.1 Å². The number of esters is 1. The molecule has 1 atom stereocenters. The molecule has 0 spiro atoms. The summed E-state index contributed by atoms with van der Waals surface area (Å²) < 4.78 is 104. The Morgan fingerprint density at radius 3 is 1.90 bits per heavy atom. The van der Waals surface area contributed by atoms with E-state index >= 15 is 0 Å². The van der Waals surface area contributed by atoms with Gasteiger partial charge < -0.3 is 19.0 Å². The van der Waals surface area contributed by atoms with Gasteiger partial charge in [-0.05, 0) is 33.6 Å². The minimum atomic E-state index is -4.84. The average molecular weight is 477 g/mol. The molecule has 176 valence electrons. The van der Waals surface area contributed by atoms with Crippen LogP contribution in [0.15, 0.2) is 0 Å². The molecule has 0 saturated carbocycles. The number of carbonyl (C=O) groups is 2. The summed E-state index contributed by atoms with van der Waals surface area (Å²) in [7, 11) is -3.83. The molecule has 0 heterocycles. The molecule has 31 heavy (non-hydrogen) atoms. The van der Waals surface area contributed by atoms with Crippen molar-refractivity contribution in [3.8, 4) is 5.75 Å². The van der Waals surface area contributed by atoms with Gasteiger partial charge in [0.15, 0.2) is 0 Å². The Hall–Kier alpha value is -2.64. The number of nitrogens with one attached hydrogen (secondary N) is 1. The monoisotopic (exact) mass is 477 g/mol. The summed E-state index contributed by atoms with van der Waals surface area (Å²) in [5.74, 6) is -16.1. The van der Waals surface area contributed by atoms with Gasteiger partial charge in [0.05, 0.1) is 12.9 Å². The SMILES string of the molecule is COC(=O)[C@H](CCCS(=O)(=O)Oc1c(F)c(F)c(F)c(F)c1F)NC(=O)OC(C)(C)C. The number of methoxy groups -OCH3 is 1. The number of benzene rings is 1. The van der Waals surface area contributed by atoms with E-state index < -0.39 is 80.8 Å². The van der Waals surface area contributed by atoms with Crippen LogP contribution in [0.1, 0.15) is 33.6 Å². The van der Waals surface area contributed by atoms with Gasteiger partial charge in [-0.15, -0.1) is 0 Å². The average Bonchev–Trinajstić information content (AvgIpc) is 2.65. The van der Waals surface area contributed by atoms with Crippen LogP contribution in [0.2, 0.25) is 0 Å². The fourth-order valence-corrected chi connectivity index (χ4v) is 3.14. The zero-order valence-electron chi connectivity index (χ0n) is 16.9. The highest BCUT2D eigenvalue weighted by molar-refractivity contribution is 7.87. The summed E-state index contributed by atoms with van der Waals surface area (Å²) in [6, 6.07) is -1.34. The van der Waals surface area contributed by atoms with Crippen molar-refractivity contribution < 1.29 is 53.6 Å². The van der Waals surface area contributed by atoms with E-state index in [9.17, 15) is 40.0 Å². The molecule has 0 fully saturated rings. The maximum Gasteiger partial charge on any atom is 0.408 e. The number of hydrogen-bond donors (Lipinski definition) is 1. The van der Waals surface area contributed by atoms with Gasteiger partial charge in [-0.3, -0.25) is 0 Å². The van der Waals surface area contributed by atoms with E-state index in [1.807, 2.05) is 0 Å². The molecule has 0 aliphatic rings. The maximum absolute atomic E-state index is 13.6. The van der Waals surface area contributed by atoms with Crippen molar-refractivity contribution in [1.82, 2.24) is 5.32 Å². The van der Waals surface area contributed by atoms with Crippen molar-refractivity contribution in [2.75, 3.05) is 12.9 Å². The first-order valence-electron chi connectivity index (χ1n) is 8.60.